The minimum atomic E-state index is -1.20. The second-order valence-electron chi connectivity index (χ2n) is 11.5. The van der Waals surface area contributed by atoms with Gasteiger partial charge in [0.2, 0.25) is 23.6 Å². The summed E-state index contributed by atoms with van der Waals surface area (Å²) < 4.78 is 5.84. The summed E-state index contributed by atoms with van der Waals surface area (Å²) in [5.74, 6) is -1.46. The van der Waals surface area contributed by atoms with Crippen LogP contribution in [-0.4, -0.2) is 70.7 Å². The van der Waals surface area contributed by atoms with Crippen LogP contribution in [0, 0.1) is 0 Å². The number of hydrogen-bond acceptors (Lipinski definition) is 6. The van der Waals surface area contributed by atoms with E-state index in [1.165, 1.54) is 4.90 Å². The number of nitrogens with two attached hydrogens (primary N) is 1. The molecule has 4 amide bonds. The fraction of sp³-hybridized carbons (Fsp3) is 0.353. The molecule has 1 aliphatic heterocycles. The maximum Gasteiger partial charge on any atom is 0.247 e. The molecular formula is C34H40N4O5. The van der Waals surface area contributed by atoms with Crippen molar-refractivity contribution in [2.75, 3.05) is 19.7 Å². The van der Waals surface area contributed by atoms with Gasteiger partial charge < -0.3 is 20.7 Å². The molecule has 9 heteroatoms. The third-order valence-corrected chi connectivity index (χ3v) is 7.36. The van der Waals surface area contributed by atoms with Crippen LogP contribution in [0.4, 0.5) is 0 Å². The lowest BCUT2D eigenvalue weighted by Gasteiger charge is -2.29. The quantitative estimate of drug-likeness (QED) is 0.338. The molecular weight excluding hydrogens is 544 g/mol. The zero-order valence-corrected chi connectivity index (χ0v) is 24.8. The molecule has 0 radical (unpaired) electrons. The Balaban J connectivity index is 1.48. The van der Waals surface area contributed by atoms with Crippen LogP contribution in [0.2, 0.25) is 0 Å². The first-order chi connectivity index (χ1) is 20.6. The minimum Gasteiger partial charge on any atom is -0.374 e. The summed E-state index contributed by atoms with van der Waals surface area (Å²) in [7, 11) is 0. The van der Waals surface area contributed by atoms with Crippen molar-refractivity contribution in [1.29, 1.82) is 0 Å². The molecule has 1 heterocycles. The molecule has 9 nitrogen and oxygen atoms in total. The Labute approximate surface area is 253 Å². The molecule has 43 heavy (non-hydrogen) atoms. The second-order valence-corrected chi connectivity index (χ2v) is 11.5. The predicted molar refractivity (Wildman–Crippen MR) is 163 cm³/mol. The lowest BCUT2D eigenvalue weighted by atomic mass is 10.1. The molecule has 1 fully saturated rings. The Hall–Kier alpha value is -4.34. The van der Waals surface area contributed by atoms with Crippen molar-refractivity contribution < 1.29 is 23.9 Å². The highest BCUT2D eigenvalue weighted by molar-refractivity contribution is 5.98. The number of nitrogens with one attached hydrogen (secondary N) is 1. The maximum absolute atomic E-state index is 13.7. The summed E-state index contributed by atoms with van der Waals surface area (Å²) in [5, 5.41) is 2.75. The van der Waals surface area contributed by atoms with Crippen molar-refractivity contribution in [3.63, 3.8) is 0 Å². The Bertz CT molecular complexity index is 1320. The summed E-state index contributed by atoms with van der Waals surface area (Å²) >= 11 is 0. The van der Waals surface area contributed by atoms with Gasteiger partial charge in [-0.1, -0.05) is 91.0 Å². The summed E-state index contributed by atoms with van der Waals surface area (Å²) in [5.41, 5.74) is 7.34. The van der Waals surface area contributed by atoms with Crippen molar-refractivity contribution in [3.05, 3.63) is 108 Å². The molecule has 0 aliphatic carbocycles. The van der Waals surface area contributed by atoms with E-state index in [-0.39, 0.29) is 50.3 Å². The van der Waals surface area contributed by atoms with Gasteiger partial charge in [0, 0.05) is 13.1 Å². The minimum absolute atomic E-state index is 0.0553. The Morgan fingerprint density at radius 1 is 0.860 bits per heavy atom. The van der Waals surface area contributed by atoms with Crippen LogP contribution < -0.4 is 11.1 Å². The Morgan fingerprint density at radius 3 is 1.84 bits per heavy atom. The maximum atomic E-state index is 13.7. The number of carbonyl (C=O) groups is 4. The Kier molecular flexibility index (Phi) is 10.8. The van der Waals surface area contributed by atoms with E-state index in [0.717, 1.165) is 16.7 Å². The largest absolute Gasteiger partial charge is 0.374 e. The molecule has 1 saturated heterocycles. The van der Waals surface area contributed by atoms with Crippen molar-refractivity contribution in [2.24, 2.45) is 5.73 Å². The van der Waals surface area contributed by atoms with Gasteiger partial charge in [0.05, 0.1) is 37.6 Å². The van der Waals surface area contributed by atoms with Crippen LogP contribution in [0.25, 0.3) is 0 Å². The van der Waals surface area contributed by atoms with Gasteiger partial charge in [-0.3, -0.25) is 24.1 Å². The van der Waals surface area contributed by atoms with Gasteiger partial charge in [0.15, 0.2) is 0 Å². The van der Waals surface area contributed by atoms with E-state index in [2.05, 4.69) is 5.32 Å². The zero-order valence-electron chi connectivity index (χ0n) is 24.8. The van der Waals surface area contributed by atoms with Crippen molar-refractivity contribution >= 4 is 23.6 Å². The fourth-order valence-corrected chi connectivity index (χ4v) is 5.02. The average molecular weight is 585 g/mol. The van der Waals surface area contributed by atoms with Gasteiger partial charge in [0.1, 0.15) is 6.04 Å². The fourth-order valence-electron chi connectivity index (χ4n) is 5.02. The first-order valence-electron chi connectivity index (χ1n) is 14.5. The summed E-state index contributed by atoms with van der Waals surface area (Å²) in [6.45, 7) is 3.83. The molecule has 2 unspecified atom stereocenters. The molecule has 3 aromatic carbocycles. The molecule has 226 valence electrons. The third kappa shape index (κ3) is 9.07. The highest BCUT2D eigenvalue weighted by Gasteiger charge is 2.39. The number of carbonyl (C=O) groups excluding carboxylic acids is 4. The molecule has 2 atom stereocenters. The number of nitrogens with zero attached hydrogens (tertiary/aromatic N) is 2. The van der Waals surface area contributed by atoms with Gasteiger partial charge in [0.25, 0.3) is 0 Å². The zero-order chi connectivity index (χ0) is 30.8. The van der Waals surface area contributed by atoms with E-state index in [1.807, 2.05) is 91.0 Å². The molecule has 4 rings (SSSR count). The lowest BCUT2D eigenvalue weighted by molar-refractivity contribution is -0.147. The number of ether oxygens (including phenoxy) is 1. The van der Waals surface area contributed by atoms with E-state index in [9.17, 15) is 19.2 Å². The highest BCUT2D eigenvalue weighted by atomic mass is 16.5. The topological polar surface area (TPSA) is 122 Å². The highest BCUT2D eigenvalue weighted by Crippen LogP contribution is 2.20. The molecule has 1 aliphatic rings. The summed E-state index contributed by atoms with van der Waals surface area (Å²) in [6, 6.07) is 26.6. The number of rotatable bonds is 12. The summed E-state index contributed by atoms with van der Waals surface area (Å²) in [6.07, 6.45) is 0.577. The normalized spacial score (nSPS) is 15.5. The van der Waals surface area contributed by atoms with E-state index in [4.69, 9.17) is 10.5 Å². The molecule has 3 aromatic rings. The SMILES string of the molecule is CC(C)(N)C(=O)NC(COCc1ccccc1)C(=O)N1CCC(N(C(=O)Cc2ccccc2)C(=O)Cc2ccccc2)C1. The molecule has 0 spiro atoms. The lowest BCUT2D eigenvalue weighted by Crippen LogP contribution is -2.58. The van der Waals surface area contributed by atoms with Gasteiger partial charge in [-0.2, -0.15) is 0 Å². The Morgan fingerprint density at radius 2 is 1.35 bits per heavy atom. The number of benzene rings is 3. The second kappa shape index (κ2) is 14.7. The molecule has 0 saturated carbocycles. The first-order valence-corrected chi connectivity index (χ1v) is 14.5. The van der Waals surface area contributed by atoms with Crippen molar-refractivity contribution in [3.8, 4) is 0 Å². The van der Waals surface area contributed by atoms with E-state index >= 15 is 0 Å². The molecule has 0 aromatic heterocycles. The van der Waals surface area contributed by atoms with Crippen molar-refractivity contribution in [2.45, 2.75) is 57.3 Å². The van der Waals surface area contributed by atoms with E-state index in [0.29, 0.717) is 13.0 Å². The number of likely N-dealkylation sites (tertiary alicyclic amines) is 1. The average Bonchev–Trinajstić information content (AvgIpc) is 3.47. The van der Waals surface area contributed by atoms with Gasteiger partial charge in [-0.05, 0) is 37.0 Å². The summed E-state index contributed by atoms with van der Waals surface area (Å²) in [4.78, 5) is 56.6. The number of amides is 4. The first kappa shape index (κ1) is 31.6. The van der Waals surface area contributed by atoms with E-state index < -0.39 is 23.5 Å². The van der Waals surface area contributed by atoms with Crippen LogP contribution in [0.3, 0.4) is 0 Å². The monoisotopic (exact) mass is 584 g/mol. The van der Waals surface area contributed by atoms with Crippen LogP contribution in [0.15, 0.2) is 91.0 Å². The van der Waals surface area contributed by atoms with Crippen LogP contribution >= 0.6 is 0 Å². The van der Waals surface area contributed by atoms with Gasteiger partial charge in [-0.15, -0.1) is 0 Å². The van der Waals surface area contributed by atoms with Crippen LogP contribution in [0.5, 0.6) is 0 Å². The number of imide groups is 1. The van der Waals surface area contributed by atoms with Crippen molar-refractivity contribution in [1.82, 2.24) is 15.1 Å². The van der Waals surface area contributed by atoms with Gasteiger partial charge in [-0.25, -0.2) is 0 Å². The van der Waals surface area contributed by atoms with Crippen LogP contribution in [0.1, 0.15) is 37.0 Å². The molecule has 3 N–H and O–H groups in total. The molecule has 0 bridgehead atoms. The van der Waals surface area contributed by atoms with E-state index in [1.54, 1.807) is 18.7 Å². The van der Waals surface area contributed by atoms with Gasteiger partial charge >= 0.3 is 0 Å². The standard InChI is InChI=1S/C34H40N4O5/c1-34(2,35)33(42)36-29(24-43-23-27-16-10-5-11-17-27)32(41)37-19-18-28(22-37)38(30(39)20-25-12-6-3-7-13-25)31(40)21-26-14-8-4-9-15-26/h3-17,28-29H,18-24,35H2,1-2H3,(H,36,42). The van der Waals surface area contributed by atoms with Crippen LogP contribution in [-0.2, 0) is 43.4 Å². The number of hydrogen-bond donors (Lipinski definition) is 2. The smallest absolute Gasteiger partial charge is 0.247 e. The predicted octanol–water partition coefficient (Wildman–Crippen LogP) is 2.87. The third-order valence-electron chi connectivity index (χ3n) is 7.36.